The molecule has 0 aliphatic carbocycles. The summed E-state index contributed by atoms with van der Waals surface area (Å²) < 4.78 is 0. The molecule has 0 aliphatic rings. The van der Waals surface area contributed by atoms with Crippen LogP contribution >= 0.6 is 0 Å². The molecule has 0 saturated carbocycles. The molecule has 0 fully saturated rings. The lowest BCUT2D eigenvalue weighted by Crippen LogP contribution is -2.05. The fraction of sp³-hybridized carbons (Fsp3) is 0. The van der Waals surface area contributed by atoms with E-state index >= 15 is 0 Å². The number of amides is 1. The Morgan fingerprint density at radius 1 is 1.71 bits per heavy atom. The van der Waals surface area contributed by atoms with Gasteiger partial charge in [0.2, 0.25) is 5.91 Å². The van der Waals surface area contributed by atoms with Crippen LogP contribution in [0.3, 0.4) is 0 Å². The number of aldehydes is 1. The van der Waals surface area contributed by atoms with Crippen molar-refractivity contribution in [1.82, 2.24) is 0 Å². The van der Waals surface area contributed by atoms with Crippen LogP contribution in [0.25, 0.3) is 0 Å². The van der Waals surface area contributed by atoms with E-state index < -0.39 is 5.91 Å². The second kappa shape index (κ2) is 3.08. The molecule has 0 aromatic heterocycles. The number of nitrogens with two attached hydrogens (primary N) is 1. The largest absolute Gasteiger partial charge is 0.366 e. The number of hydrogen-bond donors (Lipinski definition) is 1. The zero-order valence-electron chi connectivity index (χ0n) is 3.63. The Morgan fingerprint density at radius 3 is 2.43 bits per heavy atom. The van der Waals surface area contributed by atoms with Crippen molar-refractivity contribution in [2.45, 2.75) is 0 Å². The smallest absolute Gasteiger partial charge is 0.241 e. The maximum Gasteiger partial charge on any atom is 0.241 e. The summed E-state index contributed by atoms with van der Waals surface area (Å²) in [6, 6.07) is 0. The predicted octanol–water partition coefficient (Wildman–Crippen LogP) is -0.527. The van der Waals surface area contributed by atoms with E-state index in [4.69, 9.17) is 0 Å². The monoisotopic (exact) mass is 101 g/mol. The summed E-state index contributed by atoms with van der Waals surface area (Å²) >= 11 is 0. The van der Waals surface area contributed by atoms with Gasteiger partial charge in [0.1, 0.15) is 6.29 Å². The number of allylic oxidation sites excluding steroid dienone is 1. The summed E-state index contributed by atoms with van der Waals surface area (Å²) in [6.45, 7) is 0. The minimum Gasteiger partial charge on any atom is -0.366 e. The highest BCUT2D eigenvalue weighted by molar-refractivity contribution is 5.89. The van der Waals surface area contributed by atoms with Gasteiger partial charge in [0, 0.05) is 7.50 Å². The molecule has 3 heteroatoms. The molecule has 2 N–H and O–H groups in total. The number of carbonyl (C=O) groups excluding carboxylic acids is 2. The lowest BCUT2D eigenvalue weighted by Gasteiger charge is -1.69. The normalized spacial score (nSPS) is 9.14. The van der Waals surface area contributed by atoms with Crippen LogP contribution < -0.4 is 5.73 Å². The molecule has 7 heavy (non-hydrogen) atoms. The zero-order valence-corrected chi connectivity index (χ0v) is 3.63. The van der Waals surface area contributed by atoms with Crippen LogP contribution in [0.5, 0.6) is 0 Å². The molecule has 0 saturated heterocycles. The Morgan fingerprint density at radius 2 is 2.29 bits per heavy atom. The second-order valence-electron chi connectivity index (χ2n) is 0.898. The fourth-order valence-electron chi connectivity index (χ4n) is 0.134. The van der Waals surface area contributed by atoms with Crippen LogP contribution in [-0.4, -0.2) is 12.2 Å². The van der Waals surface area contributed by atoms with Crippen LogP contribution in [0, 0.1) is 0 Å². The van der Waals surface area contributed by atoms with E-state index in [1.807, 2.05) is 0 Å². The third-order valence-electron chi connectivity index (χ3n) is 0.339. The first-order valence-electron chi connectivity index (χ1n) is 1.68. The average molecular weight is 101 g/mol. The van der Waals surface area contributed by atoms with E-state index in [0.29, 0.717) is 6.29 Å². The van der Waals surface area contributed by atoms with Gasteiger partial charge < -0.3 is 5.73 Å². The Bertz CT molecular complexity index is 111. The lowest BCUT2D eigenvalue weighted by atomic mass is 10.5. The van der Waals surface area contributed by atoms with Crippen LogP contribution in [-0.2, 0) is 9.59 Å². The molecule has 0 unspecified atom stereocenters. The van der Waals surface area contributed by atoms with Crippen molar-refractivity contribution in [3.63, 3.8) is 0 Å². The Kier molecular flexibility index (Phi) is 2.59. The molecule has 0 aromatic rings. The molecule has 1 amide bonds. The first-order valence-corrected chi connectivity index (χ1v) is 1.68. The van der Waals surface area contributed by atoms with Crippen molar-refractivity contribution in [2.24, 2.45) is 5.73 Å². The summed E-state index contributed by atoms with van der Waals surface area (Å²) in [7, 11) is 0. The van der Waals surface area contributed by atoms with Gasteiger partial charge in [-0.3, -0.25) is 9.59 Å². The maximum atomic E-state index is 9.73. The predicted molar refractivity (Wildman–Crippen MR) is 26.5 cm³/mol. The Labute approximate surface area is 42.3 Å². The Hall–Kier alpha value is -1.12. The molecule has 0 heterocycles. The van der Waals surface area contributed by atoms with Crippen molar-refractivity contribution in [1.29, 1.82) is 0 Å². The zero-order chi connectivity index (χ0) is 5.70. The summed E-state index contributed by atoms with van der Waals surface area (Å²) in [5.41, 5.74) is 4.59. The van der Waals surface area contributed by atoms with Crippen molar-refractivity contribution >= 4 is 12.2 Å². The lowest BCUT2D eigenvalue weighted by molar-refractivity contribution is -0.114. The molecule has 0 aliphatic heterocycles. The van der Waals surface area contributed by atoms with E-state index in [2.05, 4.69) is 5.73 Å². The molecule has 0 atom stereocenters. The summed E-state index contributed by atoms with van der Waals surface area (Å²) in [5.74, 6) is -0.605. The van der Waals surface area contributed by atoms with Crippen molar-refractivity contribution in [3.8, 4) is 0 Å². The molecule has 0 radical (unpaired) electrons. The van der Waals surface area contributed by atoms with E-state index in [9.17, 15) is 9.59 Å². The molecule has 40 valence electrons. The highest BCUT2D eigenvalue weighted by Gasteiger charge is 1.75. The topological polar surface area (TPSA) is 60.2 Å². The van der Waals surface area contributed by atoms with Crippen LogP contribution in [0.15, 0.2) is 12.2 Å². The van der Waals surface area contributed by atoms with Crippen molar-refractivity contribution in [2.75, 3.05) is 0 Å². The average Bonchev–Trinajstić information content (AvgIpc) is 1.61. The first kappa shape index (κ1) is 5.88. The standard InChI is InChI=1S/C4H5NO2.H2/c5-4(7)2-1-3-6;/h1-3H,(H2,5,7);1H/b2-1-;. The van der Waals surface area contributed by atoms with Gasteiger partial charge in [-0.25, -0.2) is 0 Å². The fourth-order valence-corrected chi connectivity index (χ4v) is 0.134. The molecule has 0 bridgehead atoms. The van der Waals surface area contributed by atoms with E-state index in [-0.39, 0.29) is 1.43 Å². The number of primary amides is 1. The van der Waals surface area contributed by atoms with Gasteiger partial charge in [0.25, 0.3) is 0 Å². The third kappa shape index (κ3) is 4.88. The van der Waals surface area contributed by atoms with Crippen molar-refractivity contribution < 1.29 is 11.0 Å². The molecular formula is C4H7NO2. The van der Waals surface area contributed by atoms with Crippen molar-refractivity contribution in [3.05, 3.63) is 12.2 Å². The minimum absolute atomic E-state index is 0. The maximum absolute atomic E-state index is 9.73. The SMILES string of the molecule is NC(=O)/C=C\C=O.[HH]. The van der Waals surface area contributed by atoms with E-state index in [1.165, 1.54) is 0 Å². The van der Waals surface area contributed by atoms with Gasteiger partial charge in [-0.15, -0.1) is 0 Å². The van der Waals surface area contributed by atoms with Gasteiger partial charge in [-0.1, -0.05) is 0 Å². The third-order valence-corrected chi connectivity index (χ3v) is 0.339. The van der Waals surface area contributed by atoms with Gasteiger partial charge >= 0.3 is 0 Å². The highest BCUT2D eigenvalue weighted by atomic mass is 16.1. The number of carbonyl (C=O) groups is 2. The Balaban J connectivity index is 0. The summed E-state index contributed by atoms with van der Waals surface area (Å²) in [4.78, 5) is 19.1. The van der Waals surface area contributed by atoms with Gasteiger partial charge in [-0.05, 0) is 6.08 Å². The summed E-state index contributed by atoms with van der Waals surface area (Å²) in [5, 5.41) is 0. The molecule has 3 nitrogen and oxygen atoms in total. The minimum atomic E-state index is -0.605. The number of hydrogen-bond acceptors (Lipinski definition) is 2. The van der Waals surface area contributed by atoms with Crippen LogP contribution in [0.4, 0.5) is 0 Å². The first-order chi connectivity index (χ1) is 3.27. The van der Waals surface area contributed by atoms with Gasteiger partial charge in [0.05, 0.1) is 0 Å². The molecular weight excluding hydrogens is 94.0 g/mol. The van der Waals surface area contributed by atoms with Gasteiger partial charge in [-0.2, -0.15) is 0 Å². The van der Waals surface area contributed by atoms with Gasteiger partial charge in [0.15, 0.2) is 0 Å². The molecule has 0 rings (SSSR count). The second-order valence-corrected chi connectivity index (χ2v) is 0.898. The summed E-state index contributed by atoms with van der Waals surface area (Å²) in [6.07, 6.45) is 2.53. The van der Waals surface area contributed by atoms with Crippen LogP contribution in [0.1, 0.15) is 1.43 Å². The highest BCUT2D eigenvalue weighted by Crippen LogP contribution is 1.60. The molecule has 0 aromatic carbocycles. The number of rotatable bonds is 2. The van der Waals surface area contributed by atoms with E-state index in [1.54, 1.807) is 0 Å². The molecule has 0 spiro atoms. The quantitative estimate of drug-likeness (QED) is 0.375. The van der Waals surface area contributed by atoms with Crippen LogP contribution in [0.2, 0.25) is 0 Å². The van der Waals surface area contributed by atoms with E-state index in [0.717, 1.165) is 12.2 Å².